The highest BCUT2D eigenvalue weighted by atomic mass is 79.9. The molecule has 1 amide bonds. The number of amides is 1. The van der Waals surface area contributed by atoms with E-state index in [-0.39, 0.29) is 12.2 Å². The zero-order valence-electron chi connectivity index (χ0n) is 12.9. The van der Waals surface area contributed by atoms with Crippen LogP contribution in [0.5, 0.6) is 0 Å². The van der Waals surface area contributed by atoms with E-state index in [0.717, 1.165) is 10.2 Å². The quantitative estimate of drug-likeness (QED) is 0.699. The first-order valence-electron chi connectivity index (χ1n) is 7.34. The fourth-order valence-corrected chi connectivity index (χ4v) is 2.54. The number of rotatable bonds is 4. The molecule has 0 bridgehead atoms. The number of aromatic amines is 1. The van der Waals surface area contributed by atoms with Gasteiger partial charge in [-0.1, -0.05) is 30.3 Å². The molecule has 0 atom stereocenters. The molecule has 2 N–H and O–H groups in total. The van der Waals surface area contributed by atoms with Crippen molar-refractivity contribution < 1.29 is 4.79 Å². The van der Waals surface area contributed by atoms with Gasteiger partial charge in [0.05, 0.1) is 5.69 Å². The molecule has 0 fully saturated rings. The highest BCUT2D eigenvalue weighted by Crippen LogP contribution is 2.14. The minimum atomic E-state index is -0.525. The second-order valence-electron chi connectivity index (χ2n) is 5.19. The number of carbonyl (C=O) groups excluding carboxylic acids is 1. The molecule has 2 heterocycles. The SMILES string of the molecule is O=C(Cn1nc(-c2ccccc2)ccc1=O)Nc1cc(Br)c[nH]c1=O. The minimum absolute atomic E-state index is 0.0895. The number of hydrogen-bond acceptors (Lipinski definition) is 4. The van der Waals surface area contributed by atoms with Crippen molar-refractivity contribution in [1.29, 1.82) is 0 Å². The van der Waals surface area contributed by atoms with Gasteiger partial charge in [0.25, 0.3) is 11.1 Å². The van der Waals surface area contributed by atoms with Gasteiger partial charge in [-0.3, -0.25) is 14.4 Å². The summed E-state index contributed by atoms with van der Waals surface area (Å²) in [5.74, 6) is -0.525. The Kier molecular flexibility index (Phi) is 4.90. The first-order chi connectivity index (χ1) is 12.0. The van der Waals surface area contributed by atoms with Gasteiger partial charge < -0.3 is 10.3 Å². The molecule has 7 nitrogen and oxygen atoms in total. The molecule has 0 spiro atoms. The Bertz CT molecular complexity index is 1030. The van der Waals surface area contributed by atoms with Crippen molar-refractivity contribution in [3.8, 4) is 11.3 Å². The highest BCUT2D eigenvalue weighted by molar-refractivity contribution is 9.10. The van der Waals surface area contributed by atoms with E-state index in [2.05, 4.69) is 31.3 Å². The van der Waals surface area contributed by atoms with Crippen LogP contribution >= 0.6 is 15.9 Å². The van der Waals surface area contributed by atoms with Crippen LogP contribution in [0.3, 0.4) is 0 Å². The van der Waals surface area contributed by atoms with Crippen molar-refractivity contribution in [2.75, 3.05) is 5.32 Å². The number of pyridine rings is 1. The normalized spacial score (nSPS) is 10.4. The molecule has 0 saturated carbocycles. The van der Waals surface area contributed by atoms with Crippen LogP contribution in [0.25, 0.3) is 11.3 Å². The maximum atomic E-state index is 12.2. The summed E-state index contributed by atoms with van der Waals surface area (Å²) in [7, 11) is 0. The molecule has 0 aliphatic carbocycles. The number of benzene rings is 1. The number of hydrogen-bond donors (Lipinski definition) is 2. The van der Waals surface area contributed by atoms with Gasteiger partial charge in [-0.05, 0) is 28.1 Å². The van der Waals surface area contributed by atoms with E-state index in [0.29, 0.717) is 10.2 Å². The molecule has 0 saturated heterocycles. The fraction of sp³-hybridized carbons (Fsp3) is 0.0588. The zero-order valence-corrected chi connectivity index (χ0v) is 14.5. The van der Waals surface area contributed by atoms with Crippen molar-refractivity contribution in [3.63, 3.8) is 0 Å². The van der Waals surface area contributed by atoms with E-state index in [1.54, 1.807) is 6.07 Å². The van der Waals surface area contributed by atoms with Gasteiger partial charge in [0.1, 0.15) is 12.2 Å². The third-order valence-corrected chi connectivity index (χ3v) is 3.83. The zero-order chi connectivity index (χ0) is 17.8. The highest BCUT2D eigenvalue weighted by Gasteiger charge is 2.10. The first kappa shape index (κ1) is 16.8. The molecular weight excluding hydrogens is 388 g/mol. The Labute approximate surface area is 150 Å². The van der Waals surface area contributed by atoms with Gasteiger partial charge in [-0.25, -0.2) is 4.68 Å². The molecule has 1 aromatic carbocycles. The van der Waals surface area contributed by atoms with Crippen molar-refractivity contribution in [2.45, 2.75) is 6.54 Å². The van der Waals surface area contributed by atoms with Gasteiger partial charge in [-0.2, -0.15) is 5.10 Å². The van der Waals surface area contributed by atoms with Gasteiger partial charge >= 0.3 is 0 Å². The predicted molar refractivity (Wildman–Crippen MR) is 97.3 cm³/mol. The van der Waals surface area contributed by atoms with Gasteiger partial charge in [-0.15, -0.1) is 0 Å². The van der Waals surface area contributed by atoms with E-state index in [1.165, 1.54) is 18.3 Å². The average Bonchev–Trinajstić information content (AvgIpc) is 2.61. The molecule has 3 aromatic rings. The summed E-state index contributed by atoms with van der Waals surface area (Å²) >= 11 is 3.21. The summed E-state index contributed by atoms with van der Waals surface area (Å²) in [5.41, 5.74) is 0.660. The second-order valence-corrected chi connectivity index (χ2v) is 6.11. The molecule has 25 heavy (non-hydrogen) atoms. The lowest BCUT2D eigenvalue weighted by Gasteiger charge is -2.08. The van der Waals surface area contributed by atoms with Crippen LogP contribution in [0, 0.1) is 0 Å². The summed E-state index contributed by atoms with van der Waals surface area (Å²) in [6.07, 6.45) is 1.47. The largest absolute Gasteiger partial charge is 0.326 e. The maximum absolute atomic E-state index is 12.2. The lowest BCUT2D eigenvalue weighted by molar-refractivity contribution is -0.117. The number of H-pyrrole nitrogens is 1. The number of nitrogens with zero attached hydrogens (tertiary/aromatic N) is 2. The van der Waals surface area contributed by atoms with Crippen LogP contribution in [-0.2, 0) is 11.3 Å². The lowest BCUT2D eigenvalue weighted by Crippen LogP contribution is -2.30. The van der Waals surface area contributed by atoms with E-state index < -0.39 is 17.0 Å². The smallest absolute Gasteiger partial charge is 0.271 e. The molecule has 0 radical (unpaired) electrons. The average molecular weight is 401 g/mol. The van der Waals surface area contributed by atoms with Crippen LogP contribution in [0.15, 0.2) is 68.8 Å². The third kappa shape index (κ3) is 4.10. The molecule has 0 aliphatic rings. The summed E-state index contributed by atoms with van der Waals surface area (Å²) in [6, 6.07) is 13.8. The van der Waals surface area contributed by atoms with Crippen LogP contribution in [0.4, 0.5) is 5.69 Å². The maximum Gasteiger partial charge on any atom is 0.271 e. The Morgan fingerprint density at radius 2 is 1.92 bits per heavy atom. The van der Waals surface area contributed by atoms with Crippen molar-refractivity contribution in [2.24, 2.45) is 0 Å². The number of nitrogens with one attached hydrogen (secondary N) is 2. The van der Waals surface area contributed by atoms with Crippen molar-refractivity contribution in [3.05, 3.63) is 79.9 Å². The summed E-state index contributed by atoms with van der Waals surface area (Å²) in [5, 5.41) is 6.69. The van der Waals surface area contributed by atoms with E-state index >= 15 is 0 Å². The van der Waals surface area contributed by atoms with E-state index in [9.17, 15) is 14.4 Å². The van der Waals surface area contributed by atoms with E-state index in [1.807, 2.05) is 30.3 Å². The molecule has 3 rings (SSSR count). The molecule has 0 aliphatic heterocycles. The topological polar surface area (TPSA) is 96.8 Å². The van der Waals surface area contributed by atoms with Crippen molar-refractivity contribution >= 4 is 27.5 Å². The summed E-state index contributed by atoms with van der Waals surface area (Å²) in [4.78, 5) is 38.3. The molecule has 0 unspecified atom stereocenters. The van der Waals surface area contributed by atoms with Gasteiger partial charge in [0.15, 0.2) is 0 Å². The Balaban J connectivity index is 1.83. The number of aromatic nitrogens is 3. The monoisotopic (exact) mass is 400 g/mol. The predicted octanol–water partition coefficient (Wildman–Crippen LogP) is 2.00. The standard InChI is InChI=1S/C17H13BrN4O3/c18-12-8-14(17(25)19-9-12)20-15(23)10-22-16(24)7-6-13(21-22)11-4-2-1-3-5-11/h1-9H,10H2,(H,19,25)(H,20,23). The molecule has 8 heteroatoms. The molecule has 2 aromatic heterocycles. The summed E-state index contributed by atoms with van der Waals surface area (Å²) < 4.78 is 1.67. The Morgan fingerprint density at radius 3 is 2.68 bits per heavy atom. The number of halogens is 1. The number of anilines is 1. The van der Waals surface area contributed by atoms with Gasteiger partial charge in [0.2, 0.25) is 5.91 Å². The Morgan fingerprint density at radius 1 is 1.16 bits per heavy atom. The first-order valence-corrected chi connectivity index (χ1v) is 8.14. The third-order valence-electron chi connectivity index (χ3n) is 3.37. The van der Waals surface area contributed by atoms with Gasteiger partial charge in [0, 0.05) is 22.3 Å². The number of carbonyl (C=O) groups is 1. The van der Waals surface area contributed by atoms with Crippen molar-refractivity contribution in [1.82, 2.24) is 14.8 Å². The van der Waals surface area contributed by atoms with Crippen LogP contribution in [0.1, 0.15) is 0 Å². The second kappa shape index (κ2) is 7.27. The minimum Gasteiger partial charge on any atom is -0.326 e. The fourth-order valence-electron chi connectivity index (χ4n) is 2.20. The van der Waals surface area contributed by atoms with Crippen LogP contribution < -0.4 is 16.4 Å². The van der Waals surface area contributed by atoms with Crippen LogP contribution in [-0.4, -0.2) is 20.7 Å². The van der Waals surface area contributed by atoms with E-state index in [4.69, 9.17) is 0 Å². The summed E-state index contributed by atoms with van der Waals surface area (Å²) in [6.45, 7) is -0.300. The molecule has 126 valence electrons. The molecular formula is C17H13BrN4O3. The Hall–Kier alpha value is -3.00. The van der Waals surface area contributed by atoms with Crippen LogP contribution in [0.2, 0.25) is 0 Å². The lowest BCUT2D eigenvalue weighted by atomic mass is 10.1.